The lowest BCUT2D eigenvalue weighted by Gasteiger charge is -2.26. The molecule has 2 N–H and O–H groups in total. The largest absolute Gasteiger partial charge is 0.464 e. The number of ether oxygens (including phenoxy) is 1. The maximum Gasteiger partial charge on any atom is 0.320 e. The van der Waals surface area contributed by atoms with Crippen molar-refractivity contribution in [3.05, 3.63) is 41.0 Å². The van der Waals surface area contributed by atoms with Gasteiger partial charge in [-0.25, -0.2) is 0 Å². The van der Waals surface area contributed by atoms with Gasteiger partial charge < -0.3 is 10.5 Å². The number of carbonyl (C=O) groups excluding carboxylic acids is 1. The third kappa shape index (κ3) is 4.07. The molecule has 0 aliphatic carbocycles. The van der Waals surface area contributed by atoms with E-state index in [-0.39, 0.29) is 18.3 Å². The molecule has 0 bridgehead atoms. The van der Waals surface area contributed by atoms with E-state index in [1.165, 1.54) is 17.1 Å². The Kier molecular flexibility index (Phi) is 5.68. The Morgan fingerprint density at radius 1 is 1.11 bits per heavy atom. The molecule has 1 amide bonds. The van der Waals surface area contributed by atoms with E-state index in [2.05, 4.69) is 39.1 Å². The second-order valence-electron chi connectivity index (χ2n) is 6.99. The number of hydrogen-bond donors (Lipinski definition) is 1. The molecule has 2 aromatic rings. The molecule has 4 rings (SSSR count). The molecule has 2 aliphatic rings. The summed E-state index contributed by atoms with van der Waals surface area (Å²) in [5, 5.41) is 0. The lowest BCUT2D eigenvalue weighted by Crippen LogP contribution is -2.31. The van der Waals surface area contributed by atoms with Gasteiger partial charge in [0.1, 0.15) is 11.6 Å². The molecular formula is C20H25N5O2S. The molecule has 8 heteroatoms. The third-order valence-corrected chi connectivity index (χ3v) is 5.97. The number of nitrogen functional groups attached to an aromatic ring is 1. The first kappa shape index (κ1) is 19.0. The highest BCUT2D eigenvalue weighted by molar-refractivity contribution is 7.99. The van der Waals surface area contributed by atoms with Gasteiger partial charge in [-0.1, -0.05) is 24.3 Å². The van der Waals surface area contributed by atoms with Gasteiger partial charge >= 0.3 is 6.01 Å². The summed E-state index contributed by atoms with van der Waals surface area (Å²) in [7, 11) is 0. The van der Waals surface area contributed by atoms with Gasteiger partial charge in [0, 0.05) is 36.7 Å². The normalized spacial score (nSPS) is 17.0. The smallest absolute Gasteiger partial charge is 0.320 e. The molecule has 7 nitrogen and oxygen atoms in total. The van der Waals surface area contributed by atoms with Crippen LogP contribution in [0.3, 0.4) is 0 Å². The maximum atomic E-state index is 12.5. The zero-order valence-corrected chi connectivity index (χ0v) is 16.9. The van der Waals surface area contributed by atoms with Gasteiger partial charge in [-0.05, 0) is 18.1 Å². The van der Waals surface area contributed by atoms with Crippen LogP contribution >= 0.6 is 11.8 Å². The highest BCUT2D eigenvalue weighted by Gasteiger charge is 2.32. The number of fused-ring (bicyclic) bond motifs is 1. The molecule has 0 unspecified atom stereocenters. The van der Waals surface area contributed by atoms with Crippen LogP contribution in [0.4, 0.5) is 11.6 Å². The zero-order valence-electron chi connectivity index (χ0n) is 16.1. The van der Waals surface area contributed by atoms with Crippen molar-refractivity contribution in [2.24, 2.45) is 0 Å². The number of thioether (sulfide) groups is 1. The van der Waals surface area contributed by atoms with E-state index in [0.29, 0.717) is 30.4 Å². The number of nitrogens with two attached hydrogens (primary N) is 1. The Bertz CT molecular complexity index is 852. The fourth-order valence-corrected chi connectivity index (χ4v) is 4.51. The van der Waals surface area contributed by atoms with Crippen molar-refractivity contribution in [1.82, 2.24) is 14.9 Å². The first-order valence-electron chi connectivity index (χ1n) is 9.61. The minimum Gasteiger partial charge on any atom is -0.464 e. The van der Waals surface area contributed by atoms with Gasteiger partial charge in [-0.15, -0.1) is 0 Å². The Hall–Kier alpha value is -2.32. The molecule has 28 heavy (non-hydrogen) atoms. The van der Waals surface area contributed by atoms with Crippen LogP contribution in [0, 0.1) is 0 Å². The van der Waals surface area contributed by atoms with Gasteiger partial charge in [-0.2, -0.15) is 21.7 Å². The van der Waals surface area contributed by atoms with Crippen molar-refractivity contribution in [3.63, 3.8) is 0 Å². The SMILES string of the molecule is CCOc1nc(N)c2c(n1)N(Cc1ccc(CN3CCSCC3)cc1)C(=O)C2. The van der Waals surface area contributed by atoms with Crippen molar-refractivity contribution >= 4 is 29.3 Å². The first-order valence-corrected chi connectivity index (χ1v) is 10.8. The number of aromatic nitrogens is 2. The number of hydrogen-bond acceptors (Lipinski definition) is 7. The van der Waals surface area contributed by atoms with E-state index in [4.69, 9.17) is 10.5 Å². The van der Waals surface area contributed by atoms with Gasteiger partial charge in [0.15, 0.2) is 0 Å². The van der Waals surface area contributed by atoms with Crippen LogP contribution in [0.5, 0.6) is 6.01 Å². The zero-order chi connectivity index (χ0) is 19.5. The molecule has 148 valence electrons. The van der Waals surface area contributed by atoms with E-state index >= 15 is 0 Å². The lowest BCUT2D eigenvalue weighted by atomic mass is 10.1. The molecule has 2 aliphatic heterocycles. The summed E-state index contributed by atoms with van der Waals surface area (Å²) in [5.74, 6) is 3.29. The quantitative estimate of drug-likeness (QED) is 0.796. The Morgan fingerprint density at radius 2 is 1.79 bits per heavy atom. The summed E-state index contributed by atoms with van der Waals surface area (Å²) in [6, 6.07) is 8.70. The molecule has 3 heterocycles. The Labute approximate surface area is 169 Å². The molecule has 0 saturated carbocycles. The second kappa shape index (κ2) is 8.36. The minimum atomic E-state index is -0.0143. The number of rotatable bonds is 6. The fraction of sp³-hybridized carbons (Fsp3) is 0.450. The van der Waals surface area contributed by atoms with Gasteiger partial charge in [-0.3, -0.25) is 14.6 Å². The first-order chi connectivity index (χ1) is 13.6. The van der Waals surface area contributed by atoms with E-state index in [1.807, 2.05) is 18.7 Å². The predicted molar refractivity (Wildman–Crippen MR) is 112 cm³/mol. The Balaban J connectivity index is 1.48. The van der Waals surface area contributed by atoms with Crippen molar-refractivity contribution in [1.29, 1.82) is 0 Å². The van der Waals surface area contributed by atoms with Gasteiger partial charge in [0.25, 0.3) is 0 Å². The fourth-order valence-electron chi connectivity index (χ4n) is 3.53. The highest BCUT2D eigenvalue weighted by atomic mass is 32.2. The molecule has 1 aromatic heterocycles. The van der Waals surface area contributed by atoms with Crippen LogP contribution in [-0.4, -0.2) is 52.0 Å². The molecule has 1 fully saturated rings. The van der Waals surface area contributed by atoms with Gasteiger partial charge in [0.2, 0.25) is 5.91 Å². The molecule has 0 atom stereocenters. The summed E-state index contributed by atoms with van der Waals surface area (Å²) < 4.78 is 5.39. The van der Waals surface area contributed by atoms with Crippen molar-refractivity contribution < 1.29 is 9.53 Å². The van der Waals surface area contributed by atoms with Crippen molar-refractivity contribution in [3.8, 4) is 6.01 Å². The monoisotopic (exact) mass is 399 g/mol. The Morgan fingerprint density at radius 3 is 2.46 bits per heavy atom. The average Bonchev–Trinajstić information content (AvgIpc) is 3.01. The standard InChI is InChI=1S/C20H25N5O2S/c1-2-27-20-22-18(21)16-11-17(26)25(19(16)23-20)13-15-5-3-14(4-6-15)12-24-7-9-28-10-8-24/h3-6H,2,7-13H2,1H3,(H2,21,22,23). The number of carbonyl (C=O) groups is 1. The van der Waals surface area contributed by atoms with Crippen LogP contribution in [0.2, 0.25) is 0 Å². The van der Waals surface area contributed by atoms with Crippen LogP contribution in [0.15, 0.2) is 24.3 Å². The van der Waals surface area contributed by atoms with E-state index in [0.717, 1.165) is 25.2 Å². The van der Waals surface area contributed by atoms with E-state index in [1.54, 1.807) is 4.90 Å². The molecule has 0 radical (unpaired) electrons. The van der Waals surface area contributed by atoms with E-state index < -0.39 is 0 Å². The molecular weight excluding hydrogens is 374 g/mol. The summed E-state index contributed by atoms with van der Waals surface area (Å²) in [6.07, 6.45) is 0.235. The summed E-state index contributed by atoms with van der Waals surface area (Å²) >= 11 is 2.02. The van der Waals surface area contributed by atoms with Crippen molar-refractivity contribution in [2.75, 3.05) is 41.8 Å². The predicted octanol–water partition coefficient (Wildman–Crippen LogP) is 2.10. The number of anilines is 2. The van der Waals surface area contributed by atoms with Crippen LogP contribution in [0.25, 0.3) is 0 Å². The second-order valence-corrected chi connectivity index (χ2v) is 8.21. The van der Waals surface area contributed by atoms with Crippen LogP contribution < -0.4 is 15.4 Å². The maximum absolute atomic E-state index is 12.5. The lowest BCUT2D eigenvalue weighted by molar-refractivity contribution is -0.117. The topological polar surface area (TPSA) is 84.6 Å². The summed E-state index contributed by atoms with van der Waals surface area (Å²) in [5.41, 5.74) is 9.07. The van der Waals surface area contributed by atoms with Crippen molar-refractivity contribution in [2.45, 2.75) is 26.4 Å². The highest BCUT2D eigenvalue weighted by Crippen LogP contribution is 2.33. The molecule has 1 saturated heterocycles. The van der Waals surface area contributed by atoms with Crippen LogP contribution in [0.1, 0.15) is 23.6 Å². The summed E-state index contributed by atoms with van der Waals surface area (Å²) in [6.45, 7) is 6.05. The molecule has 1 aromatic carbocycles. The molecule has 0 spiro atoms. The summed E-state index contributed by atoms with van der Waals surface area (Å²) in [4.78, 5) is 25.2. The third-order valence-electron chi connectivity index (χ3n) is 5.03. The van der Waals surface area contributed by atoms with Crippen LogP contribution in [-0.2, 0) is 24.3 Å². The average molecular weight is 400 g/mol. The number of amides is 1. The number of nitrogens with zero attached hydrogens (tertiary/aromatic N) is 4. The van der Waals surface area contributed by atoms with E-state index in [9.17, 15) is 4.79 Å². The minimum absolute atomic E-state index is 0.0143. The number of benzene rings is 1. The van der Waals surface area contributed by atoms with Gasteiger partial charge in [0.05, 0.1) is 19.6 Å².